The van der Waals surface area contributed by atoms with Crippen LogP contribution < -0.4 is 15.8 Å². The highest BCUT2D eigenvalue weighted by molar-refractivity contribution is 5.66. The number of nitrogens with one attached hydrogen (secondary N) is 1. The minimum atomic E-state index is 0.376. The van der Waals surface area contributed by atoms with Gasteiger partial charge in [-0.1, -0.05) is 6.08 Å². The fourth-order valence-corrected chi connectivity index (χ4v) is 0.852. The minimum Gasteiger partial charge on any atom is -0.479 e. The van der Waals surface area contributed by atoms with E-state index in [1.54, 1.807) is 6.08 Å². The van der Waals surface area contributed by atoms with E-state index in [4.69, 9.17) is 10.5 Å². The van der Waals surface area contributed by atoms with Crippen molar-refractivity contribution in [3.63, 3.8) is 0 Å². The summed E-state index contributed by atoms with van der Waals surface area (Å²) >= 11 is 0. The monoisotopic (exact) mass is 180 g/mol. The van der Waals surface area contributed by atoms with E-state index in [1.165, 1.54) is 13.4 Å². The highest BCUT2D eigenvalue weighted by Gasteiger charge is 2.06. The smallest absolute Gasteiger partial charge is 0.242 e. The van der Waals surface area contributed by atoms with E-state index >= 15 is 0 Å². The maximum atomic E-state index is 5.69. The Hall–Kier alpha value is -1.78. The van der Waals surface area contributed by atoms with Crippen LogP contribution in [0.1, 0.15) is 0 Å². The van der Waals surface area contributed by atoms with Gasteiger partial charge >= 0.3 is 0 Å². The van der Waals surface area contributed by atoms with Crippen molar-refractivity contribution in [2.45, 2.75) is 0 Å². The van der Waals surface area contributed by atoms with Crippen molar-refractivity contribution in [3.8, 4) is 5.88 Å². The molecule has 70 valence electrons. The van der Waals surface area contributed by atoms with Crippen molar-refractivity contribution < 1.29 is 4.74 Å². The fraction of sp³-hybridized carbons (Fsp3) is 0.250. The molecule has 0 aromatic carbocycles. The number of hydrogen-bond donors (Lipinski definition) is 2. The lowest BCUT2D eigenvalue weighted by Gasteiger charge is -2.07. The third-order valence-electron chi connectivity index (χ3n) is 1.45. The second kappa shape index (κ2) is 4.30. The van der Waals surface area contributed by atoms with Crippen LogP contribution in [-0.2, 0) is 0 Å². The molecule has 5 nitrogen and oxygen atoms in total. The second-order valence-corrected chi connectivity index (χ2v) is 2.31. The Bertz CT molecular complexity index is 300. The van der Waals surface area contributed by atoms with E-state index in [0.29, 0.717) is 23.9 Å². The van der Waals surface area contributed by atoms with Crippen molar-refractivity contribution >= 4 is 11.5 Å². The first kappa shape index (κ1) is 9.31. The maximum absolute atomic E-state index is 5.69. The summed E-state index contributed by atoms with van der Waals surface area (Å²) in [6, 6.07) is 0. The van der Waals surface area contributed by atoms with Crippen molar-refractivity contribution in [2.24, 2.45) is 0 Å². The number of aromatic nitrogens is 2. The Morgan fingerprint density at radius 1 is 1.69 bits per heavy atom. The molecule has 0 spiro atoms. The number of nitrogen functional groups attached to an aromatic ring is 1. The number of nitrogens with two attached hydrogens (primary N) is 1. The highest BCUT2D eigenvalue weighted by atomic mass is 16.5. The van der Waals surface area contributed by atoms with Gasteiger partial charge in [-0.05, 0) is 0 Å². The molecule has 0 fully saturated rings. The average molecular weight is 180 g/mol. The van der Waals surface area contributed by atoms with Crippen LogP contribution in [0.2, 0.25) is 0 Å². The van der Waals surface area contributed by atoms with Crippen molar-refractivity contribution in [3.05, 3.63) is 19.0 Å². The molecule has 0 radical (unpaired) electrons. The summed E-state index contributed by atoms with van der Waals surface area (Å²) in [5, 5.41) is 2.96. The van der Waals surface area contributed by atoms with Gasteiger partial charge in [0.25, 0.3) is 0 Å². The van der Waals surface area contributed by atoms with Crippen molar-refractivity contribution in [2.75, 3.05) is 24.7 Å². The molecule has 13 heavy (non-hydrogen) atoms. The number of anilines is 2. The first-order chi connectivity index (χ1) is 6.29. The Morgan fingerprint density at radius 3 is 3.08 bits per heavy atom. The summed E-state index contributed by atoms with van der Waals surface area (Å²) < 4.78 is 4.92. The third kappa shape index (κ3) is 2.08. The molecule has 1 rings (SSSR count). The van der Waals surface area contributed by atoms with Crippen LogP contribution in [0.3, 0.4) is 0 Å². The van der Waals surface area contributed by atoms with Crippen molar-refractivity contribution in [1.82, 2.24) is 9.97 Å². The van der Waals surface area contributed by atoms with Gasteiger partial charge < -0.3 is 15.8 Å². The lowest BCUT2D eigenvalue weighted by Crippen LogP contribution is -2.06. The van der Waals surface area contributed by atoms with Crippen LogP contribution >= 0.6 is 0 Å². The van der Waals surface area contributed by atoms with Gasteiger partial charge in [-0.3, -0.25) is 0 Å². The van der Waals surface area contributed by atoms with E-state index in [1.807, 2.05) is 0 Å². The Labute approximate surface area is 76.6 Å². The first-order valence-electron chi connectivity index (χ1n) is 3.78. The van der Waals surface area contributed by atoms with E-state index in [-0.39, 0.29) is 0 Å². The van der Waals surface area contributed by atoms with Gasteiger partial charge in [0, 0.05) is 6.54 Å². The van der Waals surface area contributed by atoms with Crippen molar-refractivity contribution in [1.29, 1.82) is 0 Å². The van der Waals surface area contributed by atoms with Gasteiger partial charge in [-0.25, -0.2) is 4.98 Å². The summed E-state index contributed by atoms with van der Waals surface area (Å²) in [4.78, 5) is 7.79. The molecule has 0 aliphatic carbocycles. The molecule has 0 unspecified atom stereocenters. The fourth-order valence-electron chi connectivity index (χ4n) is 0.852. The van der Waals surface area contributed by atoms with Gasteiger partial charge in [-0.2, -0.15) is 4.98 Å². The van der Waals surface area contributed by atoms with Crippen LogP contribution in [0.5, 0.6) is 5.88 Å². The SMILES string of the molecule is C=CCNc1ncnc(OC)c1N. The number of nitrogens with zero attached hydrogens (tertiary/aromatic N) is 2. The molecule has 0 saturated carbocycles. The summed E-state index contributed by atoms with van der Waals surface area (Å²) in [6.45, 7) is 4.17. The largest absolute Gasteiger partial charge is 0.479 e. The first-order valence-corrected chi connectivity index (χ1v) is 3.78. The lowest BCUT2D eigenvalue weighted by molar-refractivity contribution is 0.399. The molecular formula is C8H12N4O. The van der Waals surface area contributed by atoms with E-state index in [9.17, 15) is 0 Å². The minimum absolute atomic E-state index is 0.376. The molecule has 1 heterocycles. The lowest BCUT2D eigenvalue weighted by atomic mass is 10.4. The zero-order valence-corrected chi connectivity index (χ0v) is 7.45. The molecule has 0 aliphatic rings. The second-order valence-electron chi connectivity index (χ2n) is 2.31. The summed E-state index contributed by atoms with van der Waals surface area (Å²) in [5.41, 5.74) is 6.10. The Kier molecular flexibility index (Phi) is 3.08. The molecule has 1 aromatic rings. The molecular weight excluding hydrogens is 168 g/mol. The predicted octanol–water partition coefficient (Wildman–Crippen LogP) is 0.665. The Balaban J connectivity index is 2.87. The van der Waals surface area contributed by atoms with Crippen LogP contribution in [0, 0.1) is 0 Å². The molecule has 0 saturated heterocycles. The third-order valence-corrected chi connectivity index (χ3v) is 1.45. The van der Waals surface area contributed by atoms with Gasteiger partial charge in [0.15, 0.2) is 5.82 Å². The zero-order chi connectivity index (χ0) is 9.68. The number of methoxy groups -OCH3 is 1. The summed E-state index contributed by atoms with van der Waals surface area (Å²) in [7, 11) is 1.51. The van der Waals surface area contributed by atoms with E-state index < -0.39 is 0 Å². The summed E-state index contributed by atoms with van der Waals surface area (Å²) in [6.07, 6.45) is 3.11. The highest BCUT2D eigenvalue weighted by Crippen LogP contribution is 2.23. The topological polar surface area (TPSA) is 73.1 Å². The number of hydrogen-bond acceptors (Lipinski definition) is 5. The quantitative estimate of drug-likeness (QED) is 0.666. The maximum Gasteiger partial charge on any atom is 0.242 e. The molecule has 0 bridgehead atoms. The average Bonchev–Trinajstić information content (AvgIpc) is 2.16. The molecule has 1 aromatic heterocycles. The van der Waals surface area contributed by atoms with E-state index in [0.717, 1.165) is 0 Å². The van der Waals surface area contributed by atoms with E-state index in [2.05, 4.69) is 21.9 Å². The van der Waals surface area contributed by atoms with Gasteiger partial charge in [0.1, 0.15) is 12.0 Å². The molecule has 0 amide bonds. The predicted molar refractivity (Wildman–Crippen MR) is 51.7 cm³/mol. The standard InChI is InChI=1S/C8H12N4O/c1-3-4-10-7-6(9)8(13-2)12-5-11-7/h3,5H,1,4,9H2,2H3,(H,10,11,12). The molecule has 3 N–H and O–H groups in total. The van der Waals surface area contributed by atoms with Gasteiger partial charge in [0.05, 0.1) is 7.11 Å². The van der Waals surface area contributed by atoms with Gasteiger partial charge in [0.2, 0.25) is 5.88 Å². The number of rotatable bonds is 4. The molecule has 5 heteroatoms. The molecule has 0 aliphatic heterocycles. The number of ether oxygens (including phenoxy) is 1. The van der Waals surface area contributed by atoms with Crippen LogP contribution in [0.25, 0.3) is 0 Å². The van der Waals surface area contributed by atoms with Crippen LogP contribution in [0.15, 0.2) is 19.0 Å². The zero-order valence-electron chi connectivity index (χ0n) is 7.45. The van der Waals surface area contributed by atoms with Crippen LogP contribution in [-0.4, -0.2) is 23.6 Å². The van der Waals surface area contributed by atoms with Crippen LogP contribution in [0.4, 0.5) is 11.5 Å². The summed E-state index contributed by atoms with van der Waals surface area (Å²) in [5.74, 6) is 0.938. The molecule has 0 atom stereocenters. The Morgan fingerprint density at radius 2 is 2.46 bits per heavy atom. The normalized spacial score (nSPS) is 9.31. The van der Waals surface area contributed by atoms with Gasteiger partial charge in [-0.15, -0.1) is 6.58 Å².